The standard InChI is InChI=1S/C9H14N2O2.BF4/c1-2-3-4-10-5-6-11(8-10)7-9(12)13;2-1(3,4)5/h5-6,8H,2-4,7H2,1H3;/q;-1/p+1. The second kappa shape index (κ2) is 7.73. The van der Waals surface area contributed by atoms with E-state index >= 15 is 0 Å². The van der Waals surface area contributed by atoms with Crippen molar-refractivity contribution in [3.63, 3.8) is 0 Å². The number of rotatable bonds is 5. The second-order valence-electron chi connectivity index (χ2n) is 3.57. The largest absolute Gasteiger partial charge is 0.673 e. The lowest BCUT2D eigenvalue weighted by atomic mass is 10.3. The van der Waals surface area contributed by atoms with Gasteiger partial charge >= 0.3 is 13.2 Å². The highest BCUT2D eigenvalue weighted by molar-refractivity contribution is 6.50. The van der Waals surface area contributed by atoms with Crippen LogP contribution in [0.5, 0.6) is 0 Å². The molecule has 1 rings (SSSR count). The number of unbranched alkanes of at least 4 members (excludes halogenated alkanes) is 1. The number of carboxylic acids is 1. The molecule has 4 nitrogen and oxygen atoms in total. The van der Waals surface area contributed by atoms with Gasteiger partial charge in [-0.1, -0.05) is 13.3 Å². The van der Waals surface area contributed by atoms with Gasteiger partial charge in [-0.15, -0.1) is 0 Å². The summed E-state index contributed by atoms with van der Waals surface area (Å²) in [6.07, 6.45) is 7.78. The molecule has 1 heterocycles. The van der Waals surface area contributed by atoms with Gasteiger partial charge in [-0.3, -0.25) is 0 Å². The summed E-state index contributed by atoms with van der Waals surface area (Å²) in [6, 6.07) is 0. The Morgan fingerprint density at radius 1 is 1.39 bits per heavy atom. The second-order valence-corrected chi connectivity index (χ2v) is 3.57. The molecule has 104 valence electrons. The van der Waals surface area contributed by atoms with Crippen LogP contribution in [-0.2, 0) is 17.9 Å². The average Bonchev–Trinajstić information content (AvgIpc) is 2.59. The van der Waals surface area contributed by atoms with E-state index in [1.54, 1.807) is 10.8 Å². The van der Waals surface area contributed by atoms with Crippen molar-refractivity contribution in [3.8, 4) is 0 Å². The third-order valence-corrected chi connectivity index (χ3v) is 1.83. The quantitative estimate of drug-likeness (QED) is 0.505. The molecule has 0 spiro atoms. The predicted molar refractivity (Wildman–Crippen MR) is 57.4 cm³/mol. The molecule has 0 aliphatic rings. The van der Waals surface area contributed by atoms with Crippen LogP contribution in [0.3, 0.4) is 0 Å². The molecule has 0 saturated heterocycles. The summed E-state index contributed by atoms with van der Waals surface area (Å²) in [5.74, 6) is -0.807. The number of aryl methyl sites for hydroxylation is 1. The predicted octanol–water partition coefficient (Wildman–Crippen LogP) is 1.96. The van der Waals surface area contributed by atoms with Crippen LogP contribution in [-0.4, -0.2) is 22.9 Å². The Bertz CT molecular complexity index is 362. The molecule has 1 aromatic heterocycles. The van der Waals surface area contributed by atoms with Crippen molar-refractivity contribution in [1.29, 1.82) is 0 Å². The van der Waals surface area contributed by atoms with Gasteiger partial charge in [0, 0.05) is 0 Å². The fourth-order valence-electron chi connectivity index (χ4n) is 1.16. The summed E-state index contributed by atoms with van der Waals surface area (Å²) in [4.78, 5) is 10.4. The Balaban J connectivity index is 0.000000494. The van der Waals surface area contributed by atoms with Gasteiger partial charge < -0.3 is 22.4 Å². The Morgan fingerprint density at radius 2 is 1.94 bits per heavy atom. The fraction of sp³-hybridized carbons (Fsp3) is 0.556. The minimum absolute atomic E-state index is 0.0408. The monoisotopic (exact) mass is 270 g/mol. The first kappa shape index (κ1) is 16.5. The summed E-state index contributed by atoms with van der Waals surface area (Å²) in [5, 5.41) is 8.52. The van der Waals surface area contributed by atoms with Crippen LogP contribution in [0.1, 0.15) is 19.8 Å². The molecule has 0 bridgehead atoms. The minimum Gasteiger partial charge on any atom is -0.478 e. The van der Waals surface area contributed by atoms with E-state index in [-0.39, 0.29) is 6.54 Å². The normalized spacial score (nSPS) is 10.7. The first-order valence-electron chi connectivity index (χ1n) is 5.36. The Kier molecular flexibility index (Phi) is 7.07. The van der Waals surface area contributed by atoms with Crippen molar-refractivity contribution in [1.82, 2.24) is 4.57 Å². The molecule has 0 amide bonds. The highest BCUT2D eigenvalue weighted by Crippen LogP contribution is 2.06. The lowest BCUT2D eigenvalue weighted by Gasteiger charge is -1.94. The molecular formula is C9H15BF4N2O2. The Labute approximate surface area is 102 Å². The van der Waals surface area contributed by atoms with Crippen LogP contribution in [0, 0.1) is 0 Å². The van der Waals surface area contributed by atoms with Crippen LogP contribution in [0.4, 0.5) is 17.3 Å². The Hall–Kier alpha value is -1.54. The molecule has 0 aliphatic carbocycles. The smallest absolute Gasteiger partial charge is 0.478 e. The molecule has 0 aromatic carbocycles. The number of carboxylic acid groups (broad SMARTS) is 1. The molecule has 9 heteroatoms. The topological polar surface area (TPSA) is 46.1 Å². The molecular weight excluding hydrogens is 255 g/mol. The van der Waals surface area contributed by atoms with E-state index in [2.05, 4.69) is 6.92 Å². The van der Waals surface area contributed by atoms with Crippen molar-refractivity contribution >= 4 is 13.2 Å². The van der Waals surface area contributed by atoms with Gasteiger partial charge in [0.05, 0.1) is 6.54 Å². The number of hydrogen-bond acceptors (Lipinski definition) is 1. The Morgan fingerprint density at radius 3 is 2.39 bits per heavy atom. The maximum absolute atomic E-state index is 10.4. The van der Waals surface area contributed by atoms with Gasteiger partial charge in [-0.2, -0.15) is 0 Å². The number of aliphatic carboxylic acids is 1. The number of carbonyl (C=O) groups is 1. The van der Waals surface area contributed by atoms with Gasteiger partial charge in [-0.25, -0.2) is 13.9 Å². The number of aromatic nitrogens is 2. The lowest BCUT2D eigenvalue weighted by Crippen LogP contribution is -2.35. The molecule has 0 aliphatic heterocycles. The van der Waals surface area contributed by atoms with E-state index in [4.69, 9.17) is 5.11 Å². The third-order valence-electron chi connectivity index (χ3n) is 1.83. The molecule has 0 fully saturated rings. The van der Waals surface area contributed by atoms with Gasteiger partial charge in [-0.05, 0) is 6.42 Å². The number of halogens is 4. The van der Waals surface area contributed by atoms with E-state index in [9.17, 15) is 22.1 Å². The zero-order valence-corrected chi connectivity index (χ0v) is 9.90. The van der Waals surface area contributed by atoms with Crippen molar-refractivity contribution in [2.75, 3.05) is 0 Å². The highest BCUT2D eigenvalue weighted by Gasteiger charge is 2.20. The van der Waals surface area contributed by atoms with Gasteiger partial charge in [0.25, 0.3) is 0 Å². The van der Waals surface area contributed by atoms with E-state index in [1.807, 2.05) is 17.1 Å². The molecule has 0 unspecified atom stereocenters. The van der Waals surface area contributed by atoms with Crippen molar-refractivity contribution < 1.29 is 31.7 Å². The summed E-state index contributed by atoms with van der Waals surface area (Å²) in [7, 11) is -6.00. The van der Waals surface area contributed by atoms with Crippen LogP contribution in [0.2, 0.25) is 0 Å². The van der Waals surface area contributed by atoms with Crippen molar-refractivity contribution in [3.05, 3.63) is 18.7 Å². The van der Waals surface area contributed by atoms with Crippen LogP contribution in [0.25, 0.3) is 0 Å². The molecule has 1 aromatic rings. The van der Waals surface area contributed by atoms with Crippen molar-refractivity contribution in [2.45, 2.75) is 32.9 Å². The first-order chi connectivity index (χ1) is 8.22. The SMILES string of the molecule is CCCCn1cc[n+](CC(=O)O)c1.F[B-](F)(F)F. The van der Waals surface area contributed by atoms with Crippen molar-refractivity contribution in [2.24, 2.45) is 0 Å². The van der Waals surface area contributed by atoms with E-state index in [0.717, 1.165) is 19.4 Å². The summed E-state index contributed by atoms with van der Waals surface area (Å²) < 4.78 is 42.7. The van der Waals surface area contributed by atoms with E-state index in [0.29, 0.717) is 0 Å². The minimum atomic E-state index is -6.00. The van der Waals surface area contributed by atoms with E-state index < -0.39 is 13.2 Å². The molecule has 1 N–H and O–H groups in total. The van der Waals surface area contributed by atoms with E-state index in [1.165, 1.54) is 0 Å². The maximum atomic E-state index is 10.4. The fourth-order valence-corrected chi connectivity index (χ4v) is 1.16. The molecule has 18 heavy (non-hydrogen) atoms. The molecule has 0 radical (unpaired) electrons. The maximum Gasteiger partial charge on any atom is 0.673 e. The van der Waals surface area contributed by atoms with Crippen LogP contribution in [0.15, 0.2) is 18.7 Å². The summed E-state index contributed by atoms with van der Waals surface area (Å²) >= 11 is 0. The van der Waals surface area contributed by atoms with Crippen LogP contribution >= 0.6 is 0 Å². The molecule has 0 atom stereocenters. The zero-order chi connectivity index (χ0) is 14.2. The summed E-state index contributed by atoms with van der Waals surface area (Å²) in [5.41, 5.74) is 0. The van der Waals surface area contributed by atoms with Gasteiger partial charge in [0.1, 0.15) is 12.4 Å². The first-order valence-corrected chi connectivity index (χ1v) is 5.36. The lowest BCUT2D eigenvalue weighted by molar-refractivity contribution is -0.685. The summed E-state index contributed by atoms with van der Waals surface area (Å²) in [6.45, 7) is 3.14. The van der Waals surface area contributed by atoms with Crippen LogP contribution < -0.4 is 4.57 Å². The number of imidazole rings is 1. The van der Waals surface area contributed by atoms with Gasteiger partial charge in [0.2, 0.25) is 6.33 Å². The number of nitrogens with zero attached hydrogens (tertiary/aromatic N) is 2. The number of hydrogen-bond donors (Lipinski definition) is 1. The zero-order valence-electron chi connectivity index (χ0n) is 9.90. The van der Waals surface area contributed by atoms with Gasteiger partial charge in [0.15, 0.2) is 6.54 Å². The highest BCUT2D eigenvalue weighted by atomic mass is 19.5. The third kappa shape index (κ3) is 11.0. The average molecular weight is 270 g/mol. The molecule has 0 saturated carbocycles.